The van der Waals surface area contributed by atoms with Gasteiger partial charge in [0.1, 0.15) is 0 Å². The Bertz CT molecular complexity index is 645. The maximum absolute atomic E-state index is 12.1. The number of hydrogen-bond donors (Lipinski definition) is 1. The fourth-order valence-corrected chi connectivity index (χ4v) is 3.03. The highest BCUT2D eigenvalue weighted by Gasteiger charge is 2.17. The topological polar surface area (TPSA) is 32.3 Å². The molecule has 0 spiro atoms. The predicted molar refractivity (Wildman–Crippen MR) is 90.6 cm³/mol. The first-order chi connectivity index (χ1) is 10.7. The highest BCUT2D eigenvalue weighted by atomic mass is 16.2. The third-order valence-corrected chi connectivity index (χ3v) is 4.55. The number of nitrogens with one attached hydrogen (secondary N) is 1. The summed E-state index contributed by atoms with van der Waals surface area (Å²) in [6, 6.07) is 14.7. The lowest BCUT2D eigenvalue weighted by Gasteiger charge is -2.29. The number of rotatable bonds is 4. The van der Waals surface area contributed by atoms with Gasteiger partial charge < -0.3 is 5.32 Å². The fourth-order valence-electron chi connectivity index (χ4n) is 3.03. The first kappa shape index (κ1) is 15.0. The second kappa shape index (κ2) is 6.93. The first-order valence-electron chi connectivity index (χ1n) is 8.17. The summed E-state index contributed by atoms with van der Waals surface area (Å²) in [6.07, 6.45) is 2.41. The molecule has 3 heteroatoms. The van der Waals surface area contributed by atoms with Crippen LogP contribution in [0.3, 0.4) is 0 Å². The number of piperidine rings is 1. The molecule has 0 radical (unpaired) electrons. The number of hydrogen-bond acceptors (Lipinski definition) is 2. The Labute approximate surface area is 132 Å². The summed E-state index contributed by atoms with van der Waals surface area (Å²) in [6.45, 7) is 5.51. The minimum absolute atomic E-state index is 0.128. The molecule has 2 aromatic carbocycles. The summed E-state index contributed by atoms with van der Waals surface area (Å²) in [5.41, 5.74) is 1.15. The lowest BCUT2D eigenvalue weighted by Crippen LogP contribution is -2.41. The van der Waals surface area contributed by atoms with Crippen LogP contribution >= 0.6 is 0 Å². The van der Waals surface area contributed by atoms with E-state index >= 15 is 0 Å². The summed E-state index contributed by atoms with van der Waals surface area (Å²) >= 11 is 0. The molecule has 22 heavy (non-hydrogen) atoms. The molecular weight excluding hydrogens is 272 g/mol. The van der Waals surface area contributed by atoms with Gasteiger partial charge in [-0.3, -0.25) is 9.69 Å². The smallest absolute Gasteiger partial charge is 0.234 e. The van der Waals surface area contributed by atoms with Crippen LogP contribution in [-0.2, 0) is 11.3 Å². The van der Waals surface area contributed by atoms with Gasteiger partial charge in [0.25, 0.3) is 0 Å². The van der Waals surface area contributed by atoms with E-state index in [9.17, 15) is 4.79 Å². The van der Waals surface area contributed by atoms with Crippen molar-refractivity contribution in [3.05, 3.63) is 48.0 Å². The van der Waals surface area contributed by atoms with E-state index in [4.69, 9.17) is 0 Å². The van der Waals surface area contributed by atoms with Gasteiger partial charge in [-0.1, -0.05) is 43.3 Å². The van der Waals surface area contributed by atoms with Crippen molar-refractivity contribution >= 4 is 16.7 Å². The normalized spacial score (nSPS) is 16.8. The lowest BCUT2D eigenvalue weighted by atomic mass is 9.99. The number of carbonyl (C=O) groups is 1. The zero-order valence-electron chi connectivity index (χ0n) is 13.2. The van der Waals surface area contributed by atoms with E-state index in [1.807, 2.05) is 12.1 Å². The van der Waals surface area contributed by atoms with Crippen molar-refractivity contribution in [3.8, 4) is 0 Å². The quantitative estimate of drug-likeness (QED) is 0.940. The summed E-state index contributed by atoms with van der Waals surface area (Å²) in [5.74, 6) is 0.930. The van der Waals surface area contributed by atoms with Crippen molar-refractivity contribution in [3.63, 3.8) is 0 Å². The Balaban J connectivity index is 1.51. The Hall–Kier alpha value is -1.87. The van der Waals surface area contributed by atoms with Gasteiger partial charge in [0.2, 0.25) is 5.91 Å². The molecule has 1 fully saturated rings. The molecule has 3 nitrogen and oxygen atoms in total. The Morgan fingerprint density at radius 1 is 1.14 bits per heavy atom. The molecule has 0 saturated carbocycles. The summed E-state index contributed by atoms with van der Waals surface area (Å²) in [7, 11) is 0. The van der Waals surface area contributed by atoms with Crippen LogP contribution in [0.4, 0.5) is 0 Å². The van der Waals surface area contributed by atoms with Gasteiger partial charge in [0, 0.05) is 6.54 Å². The molecular formula is C19H24N2O. The van der Waals surface area contributed by atoms with E-state index in [0.29, 0.717) is 13.1 Å². The molecule has 2 aromatic rings. The lowest BCUT2D eigenvalue weighted by molar-refractivity contribution is -0.122. The van der Waals surface area contributed by atoms with E-state index in [-0.39, 0.29) is 5.91 Å². The van der Waals surface area contributed by atoms with E-state index in [0.717, 1.165) is 24.6 Å². The summed E-state index contributed by atoms with van der Waals surface area (Å²) < 4.78 is 0. The highest BCUT2D eigenvalue weighted by Crippen LogP contribution is 2.16. The number of nitrogens with zero attached hydrogens (tertiary/aromatic N) is 1. The van der Waals surface area contributed by atoms with Crippen LogP contribution in [0.5, 0.6) is 0 Å². The average molecular weight is 296 g/mol. The van der Waals surface area contributed by atoms with Crippen LogP contribution in [-0.4, -0.2) is 30.4 Å². The number of carbonyl (C=O) groups excluding carboxylic acids is 1. The molecule has 0 aromatic heterocycles. The van der Waals surface area contributed by atoms with Crippen LogP contribution in [0.2, 0.25) is 0 Å². The van der Waals surface area contributed by atoms with Gasteiger partial charge >= 0.3 is 0 Å². The van der Waals surface area contributed by atoms with Gasteiger partial charge in [-0.15, -0.1) is 0 Å². The molecule has 1 aliphatic heterocycles. The Kier molecular flexibility index (Phi) is 4.74. The Morgan fingerprint density at radius 3 is 2.64 bits per heavy atom. The fraction of sp³-hybridized carbons (Fsp3) is 0.421. The van der Waals surface area contributed by atoms with Crippen molar-refractivity contribution in [2.24, 2.45) is 5.92 Å². The number of benzene rings is 2. The number of likely N-dealkylation sites (tertiary alicyclic amines) is 1. The van der Waals surface area contributed by atoms with Gasteiger partial charge in [-0.05, 0) is 54.3 Å². The SMILES string of the molecule is CC1CCN(CC(=O)NCc2ccc3ccccc3c2)CC1. The molecule has 1 aliphatic rings. The van der Waals surface area contributed by atoms with Crippen molar-refractivity contribution in [1.29, 1.82) is 0 Å². The third kappa shape index (κ3) is 3.86. The molecule has 0 atom stereocenters. The van der Waals surface area contributed by atoms with Crippen molar-refractivity contribution in [2.45, 2.75) is 26.3 Å². The van der Waals surface area contributed by atoms with Crippen LogP contribution < -0.4 is 5.32 Å². The van der Waals surface area contributed by atoms with Gasteiger partial charge in [-0.25, -0.2) is 0 Å². The monoisotopic (exact) mass is 296 g/mol. The minimum Gasteiger partial charge on any atom is -0.351 e. The highest BCUT2D eigenvalue weighted by molar-refractivity contribution is 5.83. The average Bonchev–Trinajstić information content (AvgIpc) is 2.55. The third-order valence-electron chi connectivity index (χ3n) is 4.55. The molecule has 0 unspecified atom stereocenters. The van der Waals surface area contributed by atoms with Crippen LogP contribution in [0.25, 0.3) is 10.8 Å². The van der Waals surface area contributed by atoms with E-state index in [1.165, 1.54) is 23.6 Å². The van der Waals surface area contributed by atoms with Crippen LogP contribution in [0, 0.1) is 5.92 Å². The maximum Gasteiger partial charge on any atom is 0.234 e. The van der Waals surface area contributed by atoms with E-state index in [1.54, 1.807) is 0 Å². The van der Waals surface area contributed by atoms with Crippen molar-refractivity contribution in [2.75, 3.05) is 19.6 Å². The molecule has 3 rings (SSSR count). The van der Waals surface area contributed by atoms with Crippen molar-refractivity contribution < 1.29 is 4.79 Å². The molecule has 0 aliphatic carbocycles. The standard InChI is InChI=1S/C19H24N2O/c1-15-8-10-21(11-9-15)14-19(22)20-13-16-6-7-17-4-2-3-5-18(17)12-16/h2-7,12,15H,8-11,13-14H2,1H3,(H,20,22). The summed E-state index contributed by atoms with van der Waals surface area (Å²) in [5, 5.41) is 5.50. The van der Waals surface area contributed by atoms with Gasteiger partial charge in [0.15, 0.2) is 0 Å². The number of fused-ring (bicyclic) bond motifs is 1. The predicted octanol–water partition coefficient (Wildman–Crippen LogP) is 3.19. The van der Waals surface area contributed by atoms with E-state index < -0.39 is 0 Å². The second-order valence-electron chi connectivity index (χ2n) is 6.42. The van der Waals surface area contributed by atoms with E-state index in [2.05, 4.69) is 47.5 Å². The van der Waals surface area contributed by atoms with Crippen LogP contribution in [0.15, 0.2) is 42.5 Å². The molecule has 1 N–H and O–H groups in total. The molecule has 1 amide bonds. The summed E-state index contributed by atoms with van der Waals surface area (Å²) in [4.78, 5) is 14.3. The molecule has 0 bridgehead atoms. The van der Waals surface area contributed by atoms with Gasteiger partial charge in [-0.2, -0.15) is 0 Å². The zero-order chi connectivity index (χ0) is 15.4. The van der Waals surface area contributed by atoms with Crippen molar-refractivity contribution in [1.82, 2.24) is 10.2 Å². The first-order valence-corrected chi connectivity index (χ1v) is 8.17. The minimum atomic E-state index is 0.128. The number of amides is 1. The molecule has 1 saturated heterocycles. The molecule has 116 valence electrons. The Morgan fingerprint density at radius 2 is 1.86 bits per heavy atom. The second-order valence-corrected chi connectivity index (χ2v) is 6.42. The largest absolute Gasteiger partial charge is 0.351 e. The zero-order valence-corrected chi connectivity index (χ0v) is 13.2. The van der Waals surface area contributed by atoms with Gasteiger partial charge in [0.05, 0.1) is 6.54 Å². The van der Waals surface area contributed by atoms with Crippen LogP contribution in [0.1, 0.15) is 25.3 Å². The molecule has 1 heterocycles. The maximum atomic E-state index is 12.1.